The smallest absolute Gasteiger partial charge is 0.0625 e. The van der Waals surface area contributed by atoms with Crippen molar-refractivity contribution in [3.05, 3.63) is 17.5 Å². The molecule has 0 amide bonds. The average molecular weight is 191 g/mol. The van der Waals surface area contributed by atoms with Gasteiger partial charge in [-0.3, -0.25) is 4.68 Å². The van der Waals surface area contributed by atoms with E-state index in [-0.39, 0.29) is 0 Å². The second-order valence-electron chi connectivity index (χ2n) is 3.13. The van der Waals surface area contributed by atoms with E-state index >= 15 is 0 Å². The quantitative estimate of drug-likeness (QED) is 0.570. The van der Waals surface area contributed by atoms with Crippen LogP contribution in [0.2, 0.25) is 0 Å². The second kappa shape index (κ2) is 5.46. The minimum atomic E-state index is 0.739. The molecule has 0 aliphatic rings. The highest BCUT2D eigenvalue weighted by Gasteiger charge is 2.01. The molecule has 0 bridgehead atoms. The second-order valence-corrected chi connectivity index (χ2v) is 3.13. The van der Waals surface area contributed by atoms with Gasteiger partial charge in [-0.2, -0.15) is 5.10 Å². The summed E-state index contributed by atoms with van der Waals surface area (Å²) in [6.07, 6.45) is 0.989. The Morgan fingerprint density at radius 3 is 2.93 bits per heavy atom. The van der Waals surface area contributed by atoms with E-state index < -0.39 is 0 Å². The highest BCUT2D eigenvalue weighted by atomic mass is 15.3. The maximum absolute atomic E-state index is 4.37. The van der Waals surface area contributed by atoms with Crippen LogP contribution >= 0.6 is 0 Å². The van der Waals surface area contributed by atoms with Crippen molar-refractivity contribution in [3.63, 3.8) is 0 Å². The molecule has 1 aromatic rings. The molecule has 1 N–H and O–H groups in total. The molecule has 14 heavy (non-hydrogen) atoms. The van der Waals surface area contributed by atoms with Crippen LogP contribution in [0.5, 0.6) is 0 Å². The van der Waals surface area contributed by atoms with Crippen LogP contribution in [0.4, 0.5) is 0 Å². The first-order chi connectivity index (χ1) is 6.77. The van der Waals surface area contributed by atoms with Gasteiger partial charge < -0.3 is 5.32 Å². The van der Waals surface area contributed by atoms with Crippen molar-refractivity contribution < 1.29 is 0 Å². The van der Waals surface area contributed by atoms with Crippen LogP contribution in [-0.2, 0) is 20.0 Å². The summed E-state index contributed by atoms with van der Waals surface area (Å²) in [6, 6.07) is 2.13. The summed E-state index contributed by atoms with van der Waals surface area (Å²) < 4.78 is 1.92. The maximum Gasteiger partial charge on any atom is 0.0625 e. The van der Waals surface area contributed by atoms with E-state index in [1.54, 1.807) is 0 Å². The third-order valence-corrected chi connectivity index (χ3v) is 2.09. The Morgan fingerprint density at radius 1 is 1.57 bits per heavy atom. The van der Waals surface area contributed by atoms with E-state index in [9.17, 15) is 0 Å². The van der Waals surface area contributed by atoms with Crippen LogP contribution < -0.4 is 5.32 Å². The van der Waals surface area contributed by atoms with E-state index in [4.69, 9.17) is 0 Å². The number of hydrogen-bond donors (Lipinski definition) is 1. The summed E-state index contributed by atoms with van der Waals surface area (Å²) in [6.45, 7) is 5.53. The minimum Gasteiger partial charge on any atom is -0.301 e. The molecule has 0 fully saturated rings. The van der Waals surface area contributed by atoms with Crippen LogP contribution in [0, 0.1) is 11.8 Å². The first-order valence-electron chi connectivity index (χ1n) is 4.90. The van der Waals surface area contributed by atoms with Crippen LogP contribution in [-0.4, -0.2) is 16.3 Å². The zero-order valence-electron chi connectivity index (χ0n) is 9.09. The maximum atomic E-state index is 4.37. The number of hydrogen-bond acceptors (Lipinski definition) is 2. The summed E-state index contributed by atoms with van der Waals surface area (Å²) >= 11 is 0. The fraction of sp³-hybridized carbons (Fsp3) is 0.545. The standard InChI is InChI=1S/C11H17N3/c1-4-6-7-12-9-11-8-10(5-2)13-14(11)3/h8,12H,5,7,9H2,1-3H3. The number of aromatic nitrogens is 2. The molecule has 0 aliphatic heterocycles. The zero-order valence-corrected chi connectivity index (χ0v) is 9.09. The lowest BCUT2D eigenvalue weighted by Gasteiger charge is -2.00. The molecular formula is C11H17N3. The molecule has 3 heteroatoms. The van der Waals surface area contributed by atoms with Gasteiger partial charge in [-0.25, -0.2) is 0 Å². The minimum absolute atomic E-state index is 0.739. The van der Waals surface area contributed by atoms with Gasteiger partial charge in [0.25, 0.3) is 0 Å². The van der Waals surface area contributed by atoms with Gasteiger partial charge in [0.05, 0.1) is 17.9 Å². The molecule has 1 rings (SSSR count). The van der Waals surface area contributed by atoms with Crippen LogP contribution in [0.15, 0.2) is 6.07 Å². The Hall–Kier alpha value is -1.27. The Labute approximate surface area is 85.5 Å². The summed E-state index contributed by atoms with van der Waals surface area (Å²) in [5, 5.41) is 7.62. The lowest BCUT2D eigenvalue weighted by Crippen LogP contribution is -2.15. The van der Waals surface area contributed by atoms with Gasteiger partial charge in [0, 0.05) is 13.6 Å². The lowest BCUT2D eigenvalue weighted by molar-refractivity contribution is 0.653. The summed E-state index contributed by atoms with van der Waals surface area (Å²) in [4.78, 5) is 0. The molecule has 0 atom stereocenters. The average Bonchev–Trinajstić information content (AvgIpc) is 2.54. The number of nitrogens with zero attached hydrogens (tertiary/aromatic N) is 2. The Bertz CT molecular complexity index is 341. The monoisotopic (exact) mass is 191 g/mol. The van der Waals surface area contributed by atoms with Gasteiger partial charge in [-0.15, -0.1) is 5.92 Å². The fourth-order valence-electron chi connectivity index (χ4n) is 1.25. The molecule has 0 aromatic carbocycles. The molecule has 0 spiro atoms. The molecule has 3 nitrogen and oxygen atoms in total. The zero-order chi connectivity index (χ0) is 10.4. The number of nitrogens with one attached hydrogen (secondary N) is 1. The largest absolute Gasteiger partial charge is 0.301 e. The Morgan fingerprint density at radius 2 is 2.36 bits per heavy atom. The van der Waals surface area contributed by atoms with E-state index in [2.05, 4.69) is 35.2 Å². The van der Waals surface area contributed by atoms with Crippen molar-refractivity contribution in [1.29, 1.82) is 0 Å². The fourth-order valence-corrected chi connectivity index (χ4v) is 1.25. The topological polar surface area (TPSA) is 29.9 Å². The highest BCUT2D eigenvalue weighted by Crippen LogP contribution is 2.02. The Kier molecular flexibility index (Phi) is 4.21. The van der Waals surface area contributed by atoms with Gasteiger partial charge in [0.15, 0.2) is 0 Å². The van der Waals surface area contributed by atoms with E-state index in [1.807, 2.05) is 18.7 Å². The van der Waals surface area contributed by atoms with Crippen molar-refractivity contribution in [3.8, 4) is 11.8 Å². The van der Waals surface area contributed by atoms with Crippen molar-refractivity contribution in [2.45, 2.75) is 26.8 Å². The van der Waals surface area contributed by atoms with Crippen LogP contribution in [0.1, 0.15) is 25.2 Å². The SMILES string of the molecule is CC#CCNCc1cc(CC)nn1C. The first kappa shape index (κ1) is 10.8. The molecule has 0 saturated carbocycles. The first-order valence-corrected chi connectivity index (χ1v) is 4.90. The molecule has 0 radical (unpaired) electrons. The molecule has 0 saturated heterocycles. The van der Waals surface area contributed by atoms with E-state index in [1.165, 1.54) is 5.69 Å². The predicted octanol–water partition coefficient (Wildman–Crippen LogP) is 1.10. The molecule has 0 aliphatic carbocycles. The third-order valence-electron chi connectivity index (χ3n) is 2.09. The van der Waals surface area contributed by atoms with E-state index in [0.29, 0.717) is 0 Å². The summed E-state index contributed by atoms with van der Waals surface area (Å²) in [5.74, 6) is 5.82. The van der Waals surface area contributed by atoms with E-state index in [0.717, 1.165) is 25.2 Å². The molecule has 76 valence electrons. The summed E-state index contributed by atoms with van der Waals surface area (Å²) in [7, 11) is 1.97. The van der Waals surface area contributed by atoms with Crippen molar-refractivity contribution in [1.82, 2.24) is 15.1 Å². The van der Waals surface area contributed by atoms with Crippen LogP contribution in [0.25, 0.3) is 0 Å². The molecular weight excluding hydrogens is 174 g/mol. The lowest BCUT2D eigenvalue weighted by atomic mass is 10.3. The van der Waals surface area contributed by atoms with Crippen molar-refractivity contribution in [2.75, 3.05) is 6.54 Å². The van der Waals surface area contributed by atoms with Crippen molar-refractivity contribution in [2.24, 2.45) is 7.05 Å². The van der Waals surface area contributed by atoms with Crippen LogP contribution in [0.3, 0.4) is 0 Å². The highest BCUT2D eigenvalue weighted by molar-refractivity contribution is 5.10. The van der Waals surface area contributed by atoms with Gasteiger partial charge >= 0.3 is 0 Å². The number of aryl methyl sites for hydroxylation is 2. The Balaban J connectivity index is 2.48. The van der Waals surface area contributed by atoms with Gasteiger partial charge in [-0.1, -0.05) is 12.8 Å². The van der Waals surface area contributed by atoms with Gasteiger partial charge in [0.2, 0.25) is 0 Å². The molecule has 1 heterocycles. The summed E-state index contributed by atoms with van der Waals surface area (Å²) in [5.41, 5.74) is 2.35. The molecule has 1 aromatic heterocycles. The number of rotatable bonds is 4. The van der Waals surface area contributed by atoms with Gasteiger partial charge in [-0.05, 0) is 19.4 Å². The van der Waals surface area contributed by atoms with Crippen molar-refractivity contribution >= 4 is 0 Å². The van der Waals surface area contributed by atoms with Gasteiger partial charge in [0.1, 0.15) is 0 Å². The molecule has 0 unspecified atom stereocenters. The predicted molar refractivity (Wildman–Crippen MR) is 57.7 cm³/mol. The normalized spacial score (nSPS) is 9.64. The third kappa shape index (κ3) is 2.90.